The quantitative estimate of drug-likeness (QED) is 0.235. The Morgan fingerprint density at radius 2 is 1.84 bits per heavy atom. The molecule has 1 N–H and O–H groups in total. The average molecular weight is 505 g/mol. The molecule has 2 aliphatic heterocycles. The predicted octanol–water partition coefficient (Wildman–Crippen LogP) is 2.18. The first-order valence-corrected chi connectivity index (χ1v) is 12.1. The van der Waals surface area contributed by atoms with Crippen molar-refractivity contribution in [1.29, 1.82) is 0 Å². The van der Waals surface area contributed by atoms with Crippen molar-refractivity contribution in [2.45, 2.75) is 13.0 Å². The van der Waals surface area contributed by atoms with E-state index in [1.54, 1.807) is 53.9 Å². The highest BCUT2D eigenvalue weighted by molar-refractivity contribution is 6.46. The molecule has 37 heavy (non-hydrogen) atoms. The van der Waals surface area contributed by atoms with E-state index in [1.165, 1.54) is 12.0 Å². The van der Waals surface area contributed by atoms with E-state index in [4.69, 9.17) is 9.47 Å². The number of ether oxygens (including phenoxy) is 2. The number of hydrogen-bond acceptors (Lipinski definition) is 8. The van der Waals surface area contributed by atoms with Crippen LogP contribution >= 0.6 is 0 Å². The molecule has 0 bridgehead atoms. The number of aliphatic hydroxyl groups excluding tert-OH is 1. The Bertz CT molecular complexity index is 1390. The lowest BCUT2D eigenvalue weighted by molar-refractivity contribution is -0.140. The van der Waals surface area contributed by atoms with E-state index in [2.05, 4.69) is 9.88 Å². The molecule has 1 aromatic carbocycles. The maximum atomic E-state index is 13.4. The largest absolute Gasteiger partial charge is 0.505 e. The highest BCUT2D eigenvalue weighted by Gasteiger charge is 2.46. The molecule has 0 radical (unpaired) electrons. The number of Topliss-reactive ketones (excluding diaryl/α,β-unsaturated/α-hetero) is 1. The van der Waals surface area contributed by atoms with E-state index in [-0.39, 0.29) is 17.9 Å². The van der Waals surface area contributed by atoms with Crippen molar-refractivity contribution >= 4 is 29.1 Å². The number of ketones is 1. The molecule has 3 aromatic rings. The number of esters is 1. The fraction of sp³-hybridized carbons (Fsp3) is 0.333. The van der Waals surface area contributed by atoms with Crippen molar-refractivity contribution in [3.8, 4) is 0 Å². The van der Waals surface area contributed by atoms with Gasteiger partial charge in [0.05, 0.1) is 43.2 Å². The Labute approximate surface area is 213 Å². The number of carbonyl (C=O) groups is 3. The second-order valence-corrected chi connectivity index (χ2v) is 9.03. The fourth-order valence-corrected chi connectivity index (χ4v) is 4.98. The minimum atomic E-state index is -0.832. The van der Waals surface area contributed by atoms with E-state index in [0.717, 1.165) is 13.1 Å². The van der Waals surface area contributed by atoms with Crippen LogP contribution in [0.25, 0.3) is 11.4 Å². The lowest BCUT2D eigenvalue weighted by atomic mass is 9.95. The van der Waals surface area contributed by atoms with Crippen LogP contribution < -0.4 is 0 Å². The normalized spacial score (nSPS) is 20.1. The number of amides is 1. The first kappa shape index (κ1) is 24.7. The molecular formula is C27H28N4O6. The van der Waals surface area contributed by atoms with Gasteiger partial charge in [0, 0.05) is 32.4 Å². The summed E-state index contributed by atoms with van der Waals surface area (Å²) in [7, 11) is 1.30. The zero-order chi connectivity index (χ0) is 26.1. The number of morpholine rings is 1. The molecule has 0 saturated carbocycles. The van der Waals surface area contributed by atoms with Crippen LogP contribution in [0.2, 0.25) is 0 Å². The van der Waals surface area contributed by atoms with Gasteiger partial charge in [0.1, 0.15) is 11.3 Å². The maximum Gasteiger partial charge on any atom is 0.337 e. The summed E-state index contributed by atoms with van der Waals surface area (Å²) in [6, 6.07) is 11.1. The number of aryl methyl sites for hydroxylation is 1. The SMILES string of the molecule is COC(=O)c1ccc([C@@H]2/C(=C(\O)c3c(C)nc4ccccn34)C(=O)C(=O)N2CCN2CCOCC2)cc1. The molecule has 2 aromatic heterocycles. The zero-order valence-electron chi connectivity index (χ0n) is 20.7. The lowest BCUT2D eigenvalue weighted by Crippen LogP contribution is -2.42. The smallest absolute Gasteiger partial charge is 0.337 e. The number of rotatable bonds is 6. The number of hydrogen-bond donors (Lipinski definition) is 1. The minimum Gasteiger partial charge on any atom is -0.505 e. The van der Waals surface area contributed by atoms with Crippen molar-refractivity contribution in [1.82, 2.24) is 19.2 Å². The highest BCUT2D eigenvalue weighted by atomic mass is 16.5. The van der Waals surface area contributed by atoms with Gasteiger partial charge in [-0.05, 0) is 36.8 Å². The van der Waals surface area contributed by atoms with Gasteiger partial charge in [0.15, 0.2) is 5.76 Å². The number of aliphatic hydroxyl groups is 1. The third kappa shape index (κ3) is 4.49. The van der Waals surface area contributed by atoms with Crippen LogP contribution in [0.15, 0.2) is 54.2 Å². The topological polar surface area (TPSA) is 114 Å². The van der Waals surface area contributed by atoms with Crippen LogP contribution in [0.5, 0.6) is 0 Å². The van der Waals surface area contributed by atoms with Crippen LogP contribution in [-0.2, 0) is 19.1 Å². The monoisotopic (exact) mass is 504 g/mol. The van der Waals surface area contributed by atoms with Crippen LogP contribution in [0.3, 0.4) is 0 Å². The number of carbonyl (C=O) groups excluding carboxylic acids is 3. The summed E-state index contributed by atoms with van der Waals surface area (Å²) in [6.07, 6.45) is 1.75. The molecule has 5 rings (SSSR count). The molecule has 0 aliphatic carbocycles. The van der Waals surface area contributed by atoms with Crippen LogP contribution in [0, 0.1) is 6.92 Å². The van der Waals surface area contributed by atoms with Gasteiger partial charge in [-0.2, -0.15) is 0 Å². The molecule has 2 saturated heterocycles. The Hall–Kier alpha value is -4.02. The third-order valence-corrected chi connectivity index (χ3v) is 6.88. The van der Waals surface area contributed by atoms with Crippen molar-refractivity contribution in [3.05, 3.63) is 76.7 Å². The number of methoxy groups -OCH3 is 1. The second kappa shape index (κ2) is 10.2. The number of nitrogens with zero attached hydrogens (tertiary/aromatic N) is 4. The van der Waals surface area contributed by atoms with Gasteiger partial charge in [-0.15, -0.1) is 0 Å². The molecule has 10 heteroatoms. The predicted molar refractivity (Wildman–Crippen MR) is 134 cm³/mol. The minimum absolute atomic E-state index is 0.00783. The summed E-state index contributed by atoms with van der Waals surface area (Å²) < 4.78 is 11.9. The van der Waals surface area contributed by atoms with Gasteiger partial charge in [-0.3, -0.25) is 18.9 Å². The first-order chi connectivity index (χ1) is 17.9. The van der Waals surface area contributed by atoms with Crippen LogP contribution in [0.1, 0.15) is 33.4 Å². The molecular weight excluding hydrogens is 476 g/mol. The van der Waals surface area contributed by atoms with Crippen molar-refractivity contribution in [3.63, 3.8) is 0 Å². The summed E-state index contributed by atoms with van der Waals surface area (Å²) in [5, 5.41) is 11.5. The standard InChI is InChI=1S/C27H28N4O6/c1-17-22(30-10-4-3-5-20(30)28-17)24(32)21-23(18-6-8-19(9-7-18)27(35)36-2)31(26(34)25(21)33)12-11-29-13-15-37-16-14-29/h3-10,23,32H,11-16H2,1-2H3/b24-21+/t23-/m1/s1. The van der Waals surface area contributed by atoms with Crippen LogP contribution in [-0.4, -0.2) is 88.5 Å². The first-order valence-electron chi connectivity index (χ1n) is 12.1. The van der Waals surface area contributed by atoms with E-state index in [0.29, 0.717) is 47.9 Å². The summed E-state index contributed by atoms with van der Waals surface area (Å²) >= 11 is 0. The number of benzene rings is 1. The second-order valence-electron chi connectivity index (χ2n) is 9.03. The van der Waals surface area contributed by atoms with Gasteiger partial charge in [0.2, 0.25) is 0 Å². The molecule has 4 heterocycles. The molecule has 10 nitrogen and oxygen atoms in total. The molecule has 0 spiro atoms. The Morgan fingerprint density at radius 3 is 2.54 bits per heavy atom. The number of pyridine rings is 1. The van der Waals surface area contributed by atoms with E-state index >= 15 is 0 Å². The summed E-state index contributed by atoms with van der Waals surface area (Å²) in [5.41, 5.74) is 2.44. The van der Waals surface area contributed by atoms with Crippen molar-refractivity contribution in [2.75, 3.05) is 46.5 Å². The van der Waals surface area contributed by atoms with Crippen LogP contribution in [0.4, 0.5) is 0 Å². The number of likely N-dealkylation sites (tertiary alicyclic amines) is 1. The average Bonchev–Trinajstić information content (AvgIpc) is 3.39. The summed E-state index contributed by atoms with van der Waals surface area (Å²) in [5.74, 6) is -2.21. The summed E-state index contributed by atoms with van der Waals surface area (Å²) in [6.45, 7) is 5.30. The Balaban J connectivity index is 1.60. The van der Waals surface area contributed by atoms with Gasteiger partial charge in [-0.25, -0.2) is 9.78 Å². The maximum absolute atomic E-state index is 13.4. The third-order valence-electron chi connectivity index (χ3n) is 6.88. The molecule has 192 valence electrons. The Kier molecular flexibility index (Phi) is 6.77. The van der Waals surface area contributed by atoms with E-state index in [9.17, 15) is 19.5 Å². The zero-order valence-corrected chi connectivity index (χ0v) is 20.7. The molecule has 2 aliphatic rings. The number of imidazole rings is 1. The highest BCUT2D eigenvalue weighted by Crippen LogP contribution is 2.40. The Morgan fingerprint density at radius 1 is 1.11 bits per heavy atom. The molecule has 1 amide bonds. The molecule has 2 fully saturated rings. The summed E-state index contributed by atoms with van der Waals surface area (Å²) in [4.78, 5) is 46.8. The van der Waals surface area contributed by atoms with Gasteiger partial charge in [0.25, 0.3) is 11.7 Å². The van der Waals surface area contributed by atoms with Crippen molar-refractivity contribution < 1.29 is 29.0 Å². The van der Waals surface area contributed by atoms with Gasteiger partial charge in [-0.1, -0.05) is 18.2 Å². The van der Waals surface area contributed by atoms with Gasteiger partial charge < -0.3 is 19.5 Å². The lowest BCUT2D eigenvalue weighted by Gasteiger charge is -2.31. The molecule has 0 unspecified atom stereocenters. The fourth-order valence-electron chi connectivity index (χ4n) is 4.98. The molecule has 1 atom stereocenters. The van der Waals surface area contributed by atoms with Crippen molar-refractivity contribution in [2.24, 2.45) is 0 Å². The van der Waals surface area contributed by atoms with E-state index in [1.807, 2.05) is 6.07 Å². The van der Waals surface area contributed by atoms with E-state index < -0.39 is 23.7 Å². The van der Waals surface area contributed by atoms with Gasteiger partial charge >= 0.3 is 5.97 Å². The number of fused-ring (bicyclic) bond motifs is 1. The number of aromatic nitrogens is 2.